The Labute approximate surface area is 208 Å². The zero-order chi connectivity index (χ0) is 25.4. The van der Waals surface area contributed by atoms with Crippen LogP contribution < -0.4 is 23.9 Å². The average Bonchev–Trinajstić information content (AvgIpc) is 2.87. The van der Waals surface area contributed by atoms with Gasteiger partial charge in [0.05, 0.1) is 43.1 Å². The standard InChI is InChI=1S/C24H24ClN3O6S/c1-32-21-13-12-18(14-20(21)25)28(35(30,31)19-9-5-4-6-10-19)16-23(29)27-26-15-17-8-7-11-22(33-2)24(17)34-3/h4-15H,16H2,1-3H3,(H,27,29). The molecule has 0 fully saturated rings. The molecule has 1 amide bonds. The van der Waals surface area contributed by atoms with E-state index in [0.717, 1.165) is 4.31 Å². The molecule has 3 aromatic carbocycles. The van der Waals surface area contributed by atoms with Crippen molar-refractivity contribution in [2.45, 2.75) is 4.90 Å². The lowest BCUT2D eigenvalue weighted by molar-refractivity contribution is -0.119. The number of carbonyl (C=O) groups is 1. The summed E-state index contributed by atoms with van der Waals surface area (Å²) < 4.78 is 43.4. The second-order valence-electron chi connectivity index (χ2n) is 7.02. The van der Waals surface area contributed by atoms with Gasteiger partial charge in [-0.1, -0.05) is 35.9 Å². The van der Waals surface area contributed by atoms with Crippen molar-refractivity contribution in [3.63, 3.8) is 0 Å². The molecule has 3 rings (SSSR count). The van der Waals surface area contributed by atoms with Crippen molar-refractivity contribution in [1.82, 2.24) is 5.43 Å². The molecule has 0 aliphatic carbocycles. The maximum absolute atomic E-state index is 13.4. The zero-order valence-corrected chi connectivity index (χ0v) is 20.8. The average molecular weight is 518 g/mol. The van der Waals surface area contributed by atoms with Crippen molar-refractivity contribution in [3.8, 4) is 17.2 Å². The quantitative estimate of drug-likeness (QED) is 0.324. The lowest BCUT2D eigenvalue weighted by Gasteiger charge is -2.24. The lowest BCUT2D eigenvalue weighted by Crippen LogP contribution is -2.39. The van der Waals surface area contributed by atoms with Crippen molar-refractivity contribution in [2.24, 2.45) is 5.10 Å². The topological polar surface area (TPSA) is 107 Å². The predicted octanol–water partition coefficient (Wildman–Crippen LogP) is 3.71. The van der Waals surface area contributed by atoms with Crippen LogP contribution in [0.2, 0.25) is 5.02 Å². The predicted molar refractivity (Wildman–Crippen MR) is 134 cm³/mol. The van der Waals surface area contributed by atoms with E-state index in [2.05, 4.69) is 10.5 Å². The Bertz CT molecular complexity index is 1320. The van der Waals surface area contributed by atoms with Gasteiger partial charge in [0.2, 0.25) is 0 Å². The summed E-state index contributed by atoms with van der Waals surface area (Å²) in [6, 6.07) is 17.4. The molecule has 0 bridgehead atoms. The van der Waals surface area contributed by atoms with Crippen LogP contribution in [0.3, 0.4) is 0 Å². The number of hydrogen-bond donors (Lipinski definition) is 1. The Hall–Kier alpha value is -3.76. The van der Waals surface area contributed by atoms with Crippen molar-refractivity contribution >= 4 is 39.4 Å². The van der Waals surface area contributed by atoms with Gasteiger partial charge in [0.25, 0.3) is 15.9 Å². The minimum absolute atomic E-state index is 0.0179. The number of para-hydroxylation sites is 1. The second-order valence-corrected chi connectivity index (χ2v) is 9.29. The summed E-state index contributed by atoms with van der Waals surface area (Å²) in [6.45, 7) is -0.549. The summed E-state index contributed by atoms with van der Waals surface area (Å²) in [6.07, 6.45) is 1.37. The minimum atomic E-state index is -4.10. The van der Waals surface area contributed by atoms with Gasteiger partial charge in [0.15, 0.2) is 11.5 Å². The molecule has 3 aromatic rings. The molecule has 9 nitrogen and oxygen atoms in total. The number of hydrogen-bond acceptors (Lipinski definition) is 7. The van der Waals surface area contributed by atoms with E-state index in [1.807, 2.05) is 0 Å². The Morgan fingerprint density at radius 3 is 2.31 bits per heavy atom. The first-order valence-corrected chi connectivity index (χ1v) is 12.1. The number of nitrogens with one attached hydrogen (secondary N) is 1. The van der Waals surface area contributed by atoms with E-state index in [-0.39, 0.29) is 15.6 Å². The second kappa shape index (κ2) is 11.6. The van der Waals surface area contributed by atoms with E-state index in [1.165, 1.54) is 57.9 Å². The number of sulfonamides is 1. The molecule has 0 aliphatic heterocycles. The van der Waals surface area contributed by atoms with E-state index in [9.17, 15) is 13.2 Å². The molecule has 35 heavy (non-hydrogen) atoms. The number of carbonyl (C=O) groups excluding carboxylic acids is 1. The van der Waals surface area contributed by atoms with E-state index in [0.29, 0.717) is 22.8 Å². The Balaban J connectivity index is 1.87. The van der Waals surface area contributed by atoms with Gasteiger partial charge in [-0.05, 0) is 42.5 Å². The normalized spacial score (nSPS) is 11.2. The van der Waals surface area contributed by atoms with Crippen LogP contribution in [0.25, 0.3) is 0 Å². The van der Waals surface area contributed by atoms with E-state index in [4.69, 9.17) is 25.8 Å². The zero-order valence-electron chi connectivity index (χ0n) is 19.3. The van der Waals surface area contributed by atoms with E-state index in [1.54, 1.807) is 36.4 Å². The van der Waals surface area contributed by atoms with Crippen molar-refractivity contribution in [2.75, 3.05) is 32.2 Å². The van der Waals surface area contributed by atoms with Gasteiger partial charge in [-0.3, -0.25) is 9.10 Å². The van der Waals surface area contributed by atoms with Gasteiger partial charge >= 0.3 is 0 Å². The number of benzene rings is 3. The molecule has 0 atom stereocenters. The van der Waals surface area contributed by atoms with Gasteiger partial charge in [0.1, 0.15) is 12.3 Å². The summed E-state index contributed by atoms with van der Waals surface area (Å²) in [7, 11) is 0.343. The molecular weight excluding hydrogens is 494 g/mol. The molecule has 11 heteroatoms. The summed E-state index contributed by atoms with van der Waals surface area (Å²) in [5.41, 5.74) is 3.10. The molecule has 0 heterocycles. The lowest BCUT2D eigenvalue weighted by atomic mass is 10.2. The monoisotopic (exact) mass is 517 g/mol. The van der Waals surface area contributed by atoms with Crippen molar-refractivity contribution in [3.05, 3.63) is 77.3 Å². The minimum Gasteiger partial charge on any atom is -0.495 e. The largest absolute Gasteiger partial charge is 0.495 e. The molecule has 0 spiro atoms. The highest BCUT2D eigenvalue weighted by Crippen LogP contribution is 2.32. The molecule has 1 N–H and O–H groups in total. The molecule has 184 valence electrons. The van der Waals surface area contributed by atoms with Crippen molar-refractivity contribution < 1.29 is 27.4 Å². The number of amides is 1. The molecule has 0 aliphatic rings. The number of ether oxygens (including phenoxy) is 3. The van der Waals surface area contributed by atoms with Crippen LogP contribution in [0.4, 0.5) is 5.69 Å². The van der Waals surface area contributed by atoms with Crippen molar-refractivity contribution in [1.29, 1.82) is 0 Å². The Morgan fingerprint density at radius 1 is 0.971 bits per heavy atom. The van der Waals surface area contributed by atoms with Crippen LogP contribution >= 0.6 is 11.6 Å². The molecular formula is C24H24ClN3O6S. The van der Waals surface area contributed by atoms with Crippen LogP contribution in [-0.4, -0.2) is 48.4 Å². The first kappa shape index (κ1) is 25.9. The van der Waals surface area contributed by atoms with Crippen LogP contribution in [0.15, 0.2) is 76.7 Å². The summed E-state index contributed by atoms with van der Waals surface area (Å²) >= 11 is 6.22. The highest BCUT2D eigenvalue weighted by molar-refractivity contribution is 7.92. The third kappa shape index (κ3) is 6.03. The fraction of sp³-hybridized carbons (Fsp3) is 0.167. The highest BCUT2D eigenvalue weighted by Gasteiger charge is 2.27. The first-order chi connectivity index (χ1) is 16.8. The maximum Gasteiger partial charge on any atom is 0.264 e. The van der Waals surface area contributed by atoms with Gasteiger partial charge in [-0.2, -0.15) is 5.10 Å². The number of nitrogens with zero attached hydrogens (tertiary/aromatic N) is 2. The van der Waals surface area contributed by atoms with E-state index >= 15 is 0 Å². The molecule has 0 aromatic heterocycles. The summed E-state index contributed by atoms with van der Waals surface area (Å²) in [4.78, 5) is 12.8. The summed E-state index contributed by atoms with van der Waals surface area (Å²) in [5.74, 6) is 0.636. The summed E-state index contributed by atoms with van der Waals surface area (Å²) in [5, 5.41) is 4.14. The molecule has 0 unspecified atom stereocenters. The number of methoxy groups -OCH3 is 3. The number of hydrazone groups is 1. The maximum atomic E-state index is 13.4. The Kier molecular flexibility index (Phi) is 8.56. The van der Waals surface area contributed by atoms with Gasteiger partial charge in [0, 0.05) is 5.56 Å². The SMILES string of the molecule is COc1ccc(N(CC(=O)NN=Cc2cccc(OC)c2OC)S(=O)(=O)c2ccccc2)cc1Cl. The van der Waals surface area contributed by atoms with Crippen LogP contribution in [-0.2, 0) is 14.8 Å². The number of rotatable bonds is 10. The van der Waals surface area contributed by atoms with Gasteiger partial charge in [-0.15, -0.1) is 0 Å². The number of halogens is 1. The highest BCUT2D eigenvalue weighted by atomic mass is 35.5. The van der Waals surface area contributed by atoms with Gasteiger partial charge in [-0.25, -0.2) is 13.8 Å². The van der Waals surface area contributed by atoms with Crippen LogP contribution in [0.5, 0.6) is 17.2 Å². The Morgan fingerprint density at radius 2 is 1.69 bits per heavy atom. The molecule has 0 radical (unpaired) electrons. The fourth-order valence-electron chi connectivity index (χ4n) is 3.20. The molecule has 0 saturated carbocycles. The number of anilines is 1. The fourth-order valence-corrected chi connectivity index (χ4v) is 4.88. The smallest absolute Gasteiger partial charge is 0.264 e. The van der Waals surface area contributed by atoms with E-state index < -0.39 is 22.5 Å². The third-order valence-corrected chi connectivity index (χ3v) is 6.95. The first-order valence-electron chi connectivity index (χ1n) is 10.3. The van der Waals surface area contributed by atoms with Crippen LogP contribution in [0, 0.1) is 0 Å². The van der Waals surface area contributed by atoms with Gasteiger partial charge < -0.3 is 14.2 Å². The third-order valence-electron chi connectivity index (χ3n) is 4.87. The van der Waals surface area contributed by atoms with Crippen LogP contribution in [0.1, 0.15) is 5.56 Å². The molecule has 0 saturated heterocycles.